The van der Waals surface area contributed by atoms with Gasteiger partial charge in [-0.1, -0.05) is 36.4 Å². The molecule has 3 rings (SSSR count). The van der Waals surface area contributed by atoms with Crippen LogP contribution < -0.4 is 4.74 Å². The summed E-state index contributed by atoms with van der Waals surface area (Å²) in [5.41, 5.74) is 1.67. The molecule has 1 aliphatic rings. The Morgan fingerprint density at radius 3 is 2.71 bits per heavy atom. The Hall–Kier alpha value is -2.62. The summed E-state index contributed by atoms with van der Waals surface area (Å²) in [5.74, 6) is -0.147. The van der Waals surface area contributed by atoms with Crippen molar-refractivity contribution in [3.05, 3.63) is 65.2 Å². The number of hydrogen-bond acceptors (Lipinski definition) is 4. The van der Waals surface area contributed by atoms with Gasteiger partial charge in [0.2, 0.25) is 0 Å². The van der Waals surface area contributed by atoms with Crippen molar-refractivity contribution in [2.45, 2.75) is 13.0 Å². The van der Waals surface area contributed by atoms with Gasteiger partial charge in [-0.05, 0) is 17.7 Å². The third-order valence-corrected chi connectivity index (χ3v) is 3.32. The lowest BCUT2D eigenvalue weighted by molar-refractivity contribution is 0.0467. The Kier molecular flexibility index (Phi) is 3.69. The number of para-hydroxylation sites is 1. The van der Waals surface area contributed by atoms with E-state index in [0.29, 0.717) is 29.9 Å². The second-order valence-electron chi connectivity index (χ2n) is 4.77. The molecule has 0 unspecified atom stereocenters. The van der Waals surface area contributed by atoms with Crippen LogP contribution in [0.3, 0.4) is 0 Å². The summed E-state index contributed by atoms with van der Waals surface area (Å²) in [7, 11) is 0. The maximum Gasteiger partial charge on any atom is 0.342 e. The fourth-order valence-corrected chi connectivity index (χ4v) is 2.25. The quantitative estimate of drug-likeness (QED) is 0.812. The molecular formula is C17H14O4. The first-order valence-corrected chi connectivity index (χ1v) is 6.76. The number of ether oxygens (including phenoxy) is 2. The van der Waals surface area contributed by atoms with Crippen molar-refractivity contribution in [3.63, 3.8) is 0 Å². The van der Waals surface area contributed by atoms with E-state index in [9.17, 15) is 9.59 Å². The van der Waals surface area contributed by atoms with E-state index in [-0.39, 0.29) is 12.4 Å². The van der Waals surface area contributed by atoms with E-state index in [2.05, 4.69) is 0 Å². The van der Waals surface area contributed by atoms with Gasteiger partial charge in [-0.3, -0.25) is 4.79 Å². The Morgan fingerprint density at radius 1 is 1.10 bits per heavy atom. The molecule has 21 heavy (non-hydrogen) atoms. The largest absolute Gasteiger partial charge is 0.491 e. The van der Waals surface area contributed by atoms with Crippen LogP contribution in [0.1, 0.15) is 32.7 Å². The topological polar surface area (TPSA) is 52.6 Å². The van der Waals surface area contributed by atoms with Crippen molar-refractivity contribution in [1.82, 2.24) is 0 Å². The average Bonchev–Trinajstić information content (AvgIpc) is 2.53. The molecule has 0 saturated carbocycles. The lowest BCUT2D eigenvalue weighted by Crippen LogP contribution is -2.18. The second-order valence-corrected chi connectivity index (χ2v) is 4.77. The van der Waals surface area contributed by atoms with Gasteiger partial charge in [-0.15, -0.1) is 0 Å². The number of esters is 1. The molecule has 4 nitrogen and oxygen atoms in total. The normalized spacial score (nSPS) is 13.2. The molecule has 106 valence electrons. The van der Waals surface area contributed by atoms with Gasteiger partial charge in [0.25, 0.3) is 0 Å². The molecule has 0 bridgehead atoms. The number of ketones is 1. The van der Waals surface area contributed by atoms with Crippen molar-refractivity contribution in [1.29, 1.82) is 0 Å². The number of benzene rings is 2. The van der Waals surface area contributed by atoms with Crippen LogP contribution >= 0.6 is 0 Å². The molecular weight excluding hydrogens is 268 g/mol. The van der Waals surface area contributed by atoms with Crippen LogP contribution in [-0.4, -0.2) is 18.4 Å². The molecule has 0 radical (unpaired) electrons. The molecule has 1 heterocycles. The molecule has 0 aliphatic carbocycles. The number of hydrogen-bond donors (Lipinski definition) is 0. The van der Waals surface area contributed by atoms with Gasteiger partial charge in [0.05, 0.1) is 12.2 Å². The predicted molar refractivity (Wildman–Crippen MR) is 76.4 cm³/mol. The Balaban J connectivity index is 1.79. The molecule has 0 atom stereocenters. The molecule has 0 aromatic heterocycles. The number of fused-ring (bicyclic) bond motifs is 1. The van der Waals surface area contributed by atoms with Gasteiger partial charge < -0.3 is 9.47 Å². The van der Waals surface area contributed by atoms with Gasteiger partial charge in [0.15, 0.2) is 5.78 Å². The zero-order valence-electron chi connectivity index (χ0n) is 11.4. The Labute approximate surface area is 122 Å². The summed E-state index contributed by atoms with van der Waals surface area (Å²) in [6, 6.07) is 14.4. The van der Waals surface area contributed by atoms with Crippen molar-refractivity contribution in [3.8, 4) is 5.75 Å². The number of Topliss-reactive ketones (excluding diaryl/α,β-unsaturated/α-hetero) is 1. The summed E-state index contributed by atoms with van der Waals surface area (Å²) in [5, 5.41) is 0. The smallest absolute Gasteiger partial charge is 0.342 e. The minimum absolute atomic E-state index is 0.00559. The van der Waals surface area contributed by atoms with Crippen molar-refractivity contribution >= 4 is 11.8 Å². The zero-order valence-corrected chi connectivity index (χ0v) is 11.4. The monoisotopic (exact) mass is 282 g/mol. The van der Waals surface area contributed by atoms with E-state index >= 15 is 0 Å². The lowest BCUT2D eigenvalue weighted by Gasteiger charge is -2.18. The predicted octanol–water partition coefficient (Wildman–Crippen LogP) is 3.01. The standard InChI is InChI=1S/C17H14O4/c18-15-9-10-20-16-13(15)7-4-8-14(16)17(19)21-11-12-5-2-1-3-6-12/h1-8H,9-11H2. The van der Waals surface area contributed by atoms with Crippen molar-refractivity contribution in [2.75, 3.05) is 6.61 Å². The highest BCUT2D eigenvalue weighted by Gasteiger charge is 2.24. The molecule has 2 aromatic carbocycles. The summed E-state index contributed by atoms with van der Waals surface area (Å²) in [4.78, 5) is 24.0. The van der Waals surface area contributed by atoms with Crippen LogP contribution in [0.4, 0.5) is 0 Å². The fourth-order valence-electron chi connectivity index (χ4n) is 2.25. The summed E-state index contributed by atoms with van der Waals surface area (Å²) < 4.78 is 10.8. The van der Waals surface area contributed by atoms with E-state index in [1.165, 1.54) is 0 Å². The molecule has 2 aromatic rings. The number of carbonyl (C=O) groups is 2. The van der Waals surface area contributed by atoms with Crippen LogP contribution in [0.5, 0.6) is 5.75 Å². The molecule has 1 aliphatic heterocycles. The van der Waals surface area contributed by atoms with E-state index in [1.54, 1.807) is 18.2 Å². The van der Waals surface area contributed by atoms with Crippen LogP contribution in [-0.2, 0) is 11.3 Å². The zero-order chi connectivity index (χ0) is 14.7. The second kappa shape index (κ2) is 5.79. The number of carbonyl (C=O) groups excluding carboxylic acids is 2. The van der Waals surface area contributed by atoms with Crippen molar-refractivity contribution < 1.29 is 19.1 Å². The van der Waals surface area contributed by atoms with E-state index in [1.807, 2.05) is 30.3 Å². The fraction of sp³-hybridized carbons (Fsp3) is 0.176. The van der Waals surface area contributed by atoms with E-state index in [0.717, 1.165) is 5.56 Å². The van der Waals surface area contributed by atoms with Gasteiger partial charge >= 0.3 is 5.97 Å². The summed E-state index contributed by atoms with van der Waals surface area (Å²) >= 11 is 0. The minimum atomic E-state index is -0.481. The van der Waals surface area contributed by atoms with Gasteiger partial charge in [0, 0.05) is 6.42 Å². The highest BCUT2D eigenvalue weighted by Crippen LogP contribution is 2.29. The average molecular weight is 282 g/mol. The Morgan fingerprint density at radius 2 is 1.90 bits per heavy atom. The highest BCUT2D eigenvalue weighted by atomic mass is 16.5. The third kappa shape index (κ3) is 2.79. The molecule has 4 heteroatoms. The summed E-state index contributed by atoms with van der Waals surface area (Å²) in [6.45, 7) is 0.492. The molecule has 0 amide bonds. The minimum Gasteiger partial charge on any atom is -0.491 e. The van der Waals surface area contributed by atoms with E-state index < -0.39 is 5.97 Å². The van der Waals surface area contributed by atoms with Crippen LogP contribution in [0.15, 0.2) is 48.5 Å². The first kappa shape index (κ1) is 13.4. The van der Waals surface area contributed by atoms with Crippen LogP contribution in [0, 0.1) is 0 Å². The van der Waals surface area contributed by atoms with E-state index in [4.69, 9.17) is 9.47 Å². The first-order valence-electron chi connectivity index (χ1n) is 6.76. The van der Waals surface area contributed by atoms with Crippen LogP contribution in [0.25, 0.3) is 0 Å². The number of rotatable bonds is 3. The van der Waals surface area contributed by atoms with Gasteiger partial charge in [-0.25, -0.2) is 4.79 Å². The SMILES string of the molecule is O=C1CCOc2c1cccc2C(=O)OCc1ccccc1. The molecule has 0 fully saturated rings. The maximum atomic E-state index is 12.2. The van der Waals surface area contributed by atoms with Crippen molar-refractivity contribution in [2.24, 2.45) is 0 Å². The maximum absolute atomic E-state index is 12.2. The molecule has 0 spiro atoms. The van der Waals surface area contributed by atoms with Gasteiger partial charge in [0.1, 0.15) is 17.9 Å². The first-order chi connectivity index (χ1) is 10.3. The summed E-state index contributed by atoms with van der Waals surface area (Å²) in [6.07, 6.45) is 0.343. The molecule has 0 N–H and O–H groups in total. The third-order valence-electron chi connectivity index (χ3n) is 3.32. The van der Waals surface area contributed by atoms with Gasteiger partial charge in [-0.2, -0.15) is 0 Å². The lowest BCUT2D eigenvalue weighted by atomic mass is 10.0. The molecule has 0 saturated heterocycles. The highest BCUT2D eigenvalue weighted by molar-refractivity contribution is 6.04. The Bertz CT molecular complexity index is 676. The van der Waals surface area contributed by atoms with Crippen LogP contribution in [0.2, 0.25) is 0 Å².